The van der Waals surface area contributed by atoms with Crippen LogP contribution in [0.2, 0.25) is 0 Å². The van der Waals surface area contributed by atoms with E-state index >= 15 is 0 Å². The molecule has 1 saturated carbocycles. The Morgan fingerprint density at radius 1 is 1.28 bits per heavy atom. The van der Waals surface area contributed by atoms with E-state index in [1.165, 1.54) is 30.6 Å². The minimum absolute atomic E-state index is 0.550. The lowest BCUT2D eigenvalue weighted by atomic mass is 10.1. The minimum atomic E-state index is 0.550. The second kappa shape index (κ2) is 4.76. The molecule has 3 rings (SSSR count). The molecule has 1 aliphatic rings. The van der Waals surface area contributed by atoms with Gasteiger partial charge in [0.05, 0.1) is 17.2 Å². The number of tetrazole rings is 1. The van der Waals surface area contributed by atoms with Crippen molar-refractivity contribution < 1.29 is 0 Å². The molecule has 2 aromatic heterocycles. The lowest BCUT2D eigenvalue weighted by Gasteiger charge is -2.08. The summed E-state index contributed by atoms with van der Waals surface area (Å²) in [5.41, 5.74) is 1.10. The molecular weight excluding hydrogens is 246 g/mol. The van der Waals surface area contributed by atoms with Crippen LogP contribution in [-0.4, -0.2) is 25.2 Å². The molecule has 18 heavy (non-hydrogen) atoms. The van der Waals surface area contributed by atoms with Crippen molar-refractivity contribution in [3.8, 4) is 0 Å². The maximum absolute atomic E-state index is 4.46. The summed E-state index contributed by atoms with van der Waals surface area (Å²) >= 11 is 1.74. The molecule has 0 N–H and O–H groups in total. The first-order valence-corrected chi connectivity index (χ1v) is 7.24. The van der Waals surface area contributed by atoms with E-state index < -0.39 is 0 Å². The Hall–Kier alpha value is -1.30. The number of hydrogen-bond acceptors (Lipinski definition) is 5. The highest BCUT2D eigenvalue weighted by molar-refractivity contribution is 7.11. The van der Waals surface area contributed by atoms with Crippen LogP contribution in [0.15, 0.2) is 0 Å². The number of thiazole rings is 1. The van der Waals surface area contributed by atoms with E-state index in [0.717, 1.165) is 23.1 Å². The van der Waals surface area contributed by atoms with E-state index in [1.54, 1.807) is 11.3 Å². The summed E-state index contributed by atoms with van der Waals surface area (Å²) in [5, 5.41) is 13.3. The van der Waals surface area contributed by atoms with Crippen LogP contribution in [0.4, 0.5) is 0 Å². The molecule has 2 heterocycles. The van der Waals surface area contributed by atoms with Gasteiger partial charge in [-0.1, -0.05) is 12.8 Å². The van der Waals surface area contributed by atoms with E-state index in [4.69, 9.17) is 0 Å². The summed E-state index contributed by atoms with van der Waals surface area (Å²) in [6.07, 6.45) is 5.05. The van der Waals surface area contributed by atoms with E-state index in [9.17, 15) is 0 Å². The Bertz CT molecular complexity index is 538. The zero-order chi connectivity index (χ0) is 12.5. The number of rotatable bonds is 3. The summed E-state index contributed by atoms with van der Waals surface area (Å²) in [5.74, 6) is 1.60. The minimum Gasteiger partial charge on any atom is -0.247 e. The van der Waals surface area contributed by atoms with Crippen LogP contribution in [0.3, 0.4) is 0 Å². The fraction of sp³-hybridized carbons (Fsp3) is 0.667. The van der Waals surface area contributed by atoms with Gasteiger partial charge in [0.25, 0.3) is 0 Å². The van der Waals surface area contributed by atoms with Gasteiger partial charge in [-0.25, -0.2) is 9.67 Å². The summed E-state index contributed by atoms with van der Waals surface area (Å²) in [7, 11) is 0. The molecule has 0 radical (unpaired) electrons. The number of nitrogens with zero attached hydrogens (tertiary/aromatic N) is 5. The maximum atomic E-state index is 4.46. The Labute approximate surface area is 110 Å². The first-order chi connectivity index (χ1) is 8.74. The summed E-state index contributed by atoms with van der Waals surface area (Å²) in [6.45, 7) is 4.85. The van der Waals surface area contributed by atoms with E-state index in [1.807, 2.05) is 11.6 Å². The molecule has 0 atom stereocenters. The van der Waals surface area contributed by atoms with Crippen LogP contribution in [-0.2, 0) is 6.54 Å². The van der Waals surface area contributed by atoms with Crippen LogP contribution in [0.1, 0.15) is 53.0 Å². The Morgan fingerprint density at radius 3 is 2.72 bits per heavy atom. The zero-order valence-corrected chi connectivity index (χ0v) is 11.6. The van der Waals surface area contributed by atoms with Gasteiger partial charge in [0.15, 0.2) is 5.82 Å². The molecule has 0 aromatic carbocycles. The number of aryl methyl sites for hydroxylation is 2. The number of aromatic nitrogens is 5. The molecule has 0 aliphatic heterocycles. The molecule has 0 amide bonds. The third-order valence-corrected chi connectivity index (χ3v) is 4.63. The standard InChI is InChI=1S/C12H17N5S/c1-8-11(18-9(2)13-8)7-17-12(14-15-16-17)10-5-3-4-6-10/h10H,3-7H2,1-2H3. The van der Waals surface area contributed by atoms with E-state index in [2.05, 4.69) is 27.4 Å². The Kier molecular flexibility index (Phi) is 3.11. The molecule has 5 nitrogen and oxygen atoms in total. The SMILES string of the molecule is Cc1nc(C)c(Cn2nnnc2C2CCCC2)s1. The van der Waals surface area contributed by atoms with E-state index in [-0.39, 0.29) is 0 Å². The summed E-state index contributed by atoms with van der Waals surface area (Å²) in [6, 6.07) is 0. The molecule has 1 fully saturated rings. The van der Waals surface area contributed by atoms with Crippen LogP contribution < -0.4 is 0 Å². The first-order valence-electron chi connectivity index (χ1n) is 6.43. The fourth-order valence-electron chi connectivity index (χ4n) is 2.66. The molecule has 2 aromatic rings. The highest BCUT2D eigenvalue weighted by atomic mass is 32.1. The molecular formula is C12H17N5S. The highest BCUT2D eigenvalue weighted by Crippen LogP contribution is 2.32. The normalized spacial score (nSPS) is 16.6. The van der Waals surface area contributed by atoms with Crippen molar-refractivity contribution >= 4 is 11.3 Å². The van der Waals surface area contributed by atoms with Crippen LogP contribution >= 0.6 is 11.3 Å². The molecule has 96 valence electrons. The van der Waals surface area contributed by atoms with Crippen molar-refractivity contribution in [2.24, 2.45) is 0 Å². The Morgan fingerprint density at radius 2 is 2.06 bits per heavy atom. The molecule has 0 unspecified atom stereocenters. The quantitative estimate of drug-likeness (QED) is 0.853. The van der Waals surface area contributed by atoms with Gasteiger partial charge in [-0.2, -0.15) is 0 Å². The van der Waals surface area contributed by atoms with Crippen molar-refractivity contribution in [1.82, 2.24) is 25.2 Å². The van der Waals surface area contributed by atoms with Crippen molar-refractivity contribution in [3.63, 3.8) is 0 Å². The average molecular weight is 263 g/mol. The monoisotopic (exact) mass is 263 g/mol. The maximum Gasteiger partial charge on any atom is 0.154 e. The lowest BCUT2D eigenvalue weighted by Crippen LogP contribution is -2.09. The van der Waals surface area contributed by atoms with E-state index in [0.29, 0.717) is 5.92 Å². The third kappa shape index (κ3) is 2.16. The Balaban J connectivity index is 1.84. The molecule has 0 bridgehead atoms. The number of hydrogen-bond donors (Lipinski definition) is 0. The second-order valence-corrected chi connectivity index (χ2v) is 6.21. The average Bonchev–Trinajstić information content (AvgIpc) is 3.01. The van der Waals surface area contributed by atoms with Gasteiger partial charge in [0, 0.05) is 10.8 Å². The summed E-state index contributed by atoms with van der Waals surface area (Å²) < 4.78 is 1.95. The van der Waals surface area contributed by atoms with Gasteiger partial charge in [0.2, 0.25) is 0 Å². The van der Waals surface area contributed by atoms with Crippen molar-refractivity contribution in [3.05, 3.63) is 21.4 Å². The van der Waals surface area contributed by atoms with Gasteiger partial charge in [-0.15, -0.1) is 16.4 Å². The predicted octanol–water partition coefficient (Wildman–Crippen LogP) is 2.45. The van der Waals surface area contributed by atoms with Crippen LogP contribution in [0, 0.1) is 13.8 Å². The van der Waals surface area contributed by atoms with Gasteiger partial charge in [0.1, 0.15) is 0 Å². The second-order valence-electron chi connectivity index (χ2n) is 4.92. The van der Waals surface area contributed by atoms with Gasteiger partial charge in [-0.05, 0) is 37.1 Å². The summed E-state index contributed by atoms with van der Waals surface area (Å²) in [4.78, 5) is 5.72. The first kappa shape index (κ1) is 11.8. The van der Waals surface area contributed by atoms with Crippen molar-refractivity contribution in [1.29, 1.82) is 0 Å². The fourth-order valence-corrected chi connectivity index (χ4v) is 3.58. The zero-order valence-electron chi connectivity index (χ0n) is 10.8. The van der Waals surface area contributed by atoms with Gasteiger partial charge < -0.3 is 0 Å². The largest absolute Gasteiger partial charge is 0.247 e. The lowest BCUT2D eigenvalue weighted by molar-refractivity contribution is 0.567. The molecule has 0 spiro atoms. The topological polar surface area (TPSA) is 56.5 Å². The van der Waals surface area contributed by atoms with Gasteiger partial charge >= 0.3 is 0 Å². The highest BCUT2D eigenvalue weighted by Gasteiger charge is 2.23. The molecule has 0 saturated heterocycles. The van der Waals surface area contributed by atoms with Gasteiger partial charge in [-0.3, -0.25) is 0 Å². The van der Waals surface area contributed by atoms with Crippen LogP contribution in [0.25, 0.3) is 0 Å². The molecule has 1 aliphatic carbocycles. The van der Waals surface area contributed by atoms with Crippen LogP contribution in [0.5, 0.6) is 0 Å². The van der Waals surface area contributed by atoms with Crippen molar-refractivity contribution in [2.45, 2.75) is 52.0 Å². The smallest absolute Gasteiger partial charge is 0.154 e. The molecule has 6 heteroatoms. The third-order valence-electron chi connectivity index (χ3n) is 3.57. The predicted molar refractivity (Wildman–Crippen MR) is 69.7 cm³/mol. The van der Waals surface area contributed by atoms with Crippen molar-refractivity contribution in [2.75, 3.05) is 0 Å².